The van der Waals surface area contributed by atoms with Crippen molar-refractivity contribution in [1.82, 2.24) is 10.3 Å². The highest BCUT2D eigenvalue weighted by Gasteiger charge is 2.11. The van der Waals surface area contributed by atoms with E-state index < -0.39 is 0 Å². The van der Waals surface area contributed by atoms with Crippen molar-refractivity contribution < 1.29 is 9.53 Å². The summed E-state index contributed by atoms with van der Waals surface area (Å²) < 4.78 is 5.84. The zero-order chi connectivity index (χ0) is 17.3. The molecule has 0 unspecified atom stereocenters. The highest BCUT2D eigenvalue weighted by molar-refractivity contribution is 5.96. The Morgan fingerprint density at radius 2 is 1.65 bits per heavy atom. The van der Waals surface area contributed by atoms with Crippen molar-refractivity contribution in [2.45, 2.75) is 13.0 Å². The fourth-order valence-electron chi connectivity index (χ4n) is 2.46. The summed E-state index contributed by atoms with van der Waals surface area (Å²) in [5, 5.41) is 2.93. The smallest absolute Gasteiger partial charge is 0.255 e. The van der Waals surface area contributed by atoms with E-state index in [9.17, 15) is 4.79 Å². The van der Waals surface area contributed by atoms with Crippen LogP contribution in [0, 0.1) is 0 Å². The van der Waals surface area contributed by atoms with Crippen LogP contribution in [-0.4, -0.2) is 17.4 Å². The minimum absolute atomic E-state index is 0. The third kappa shape index (κ3) is 5.60. The first-order valence-corrected chi connectivity index (χ1v) is 8.27. The summed E-state index contributed by atoms with van der Waals surface area (Å²) in [6.45, 7) is 0.960. The lowest BCUT2D eigenvalue weighted by Gasteiger charge is -2.12. The normalized spacial score (nSPS) is 9.85. The predicted octanol–water partition coefficient (Wildman–Crippen LogP) is 4.05. The van der Waals surface area contributed by atoms with Crippen molar-refractivity contribution in [2.75, 3.05) is 6.54 Å². The van der Waals surface area contributed by atoms with Crippen LogP contribution in [0.25, 0.3) is 0 Å². The zero-order valence-corrected chi connectivity index (χ0v) is 15.1. The number of carbonyl (C=O) groups excluding carboxylic acids is 1. The van der Waals surface area contributed by atoms with Gasteiger partial charge in [0.25, 0.3) is 5.91 Å². The number of halogens is 1. The molecule has 4 nitrogen and oxygen atoms in total. The number of carbonyl (C=O) groups is 1. The topological polar surface area (TPSA) is 51.2 Å². The minimum Gasteiger partial charge on any atom is -0.488 e. The van der Waals surface area contributed by atoms with Gasteiger partial charge in [0.15, 0.2) is 0 Å². The highest BCUT2D eigenvalue weighted by Crippen LogP contribution is 2.19. The number of benzene rings is 2. The Morgan fingerprint density at radius 1 is 0.923 bits per heavy atom. The molecule has 0 aliphatic carbocycles. The van der Waals surface area contributed by atoms with Gasteiger partial charge in [0.2, 0.25) is 0 Å². The van der Waals surface area contributed by atoms with Crippen molar-refractivity contribution in [1.29, 1.82) is 0 Å². The third-order valence-electron chi connectivity index (χ3n) is 3.76. The number of rotatable bonds is 7. The van der Waals surface area contributed by atoms with Crippen LogP contribution in [0.4, 0.5) is 0 Å². The molecule has 0 atom stereocenters. The summed E-state index contributed by atoms with van der Waals surface area (Å²) in [4.78, 5) is 16.7. The van der Waals surface area contributed by atoms with Crippen LogP contribution in [0.2, 0.25) is 0 Å². The van der Waals surface area contributed by atoms with Gasteiger partial charge in [-0.2, -0.15) is 0 Å². The molecule has 1 amide bonds. The van der Waals surface area contributed by atoms with Crippen molar-refractivity contribution >= 4 is 18.3 Å². The van der Waals surface area contributed by atoms with Gasteiger partial charge in [-0.1, -0.05) is 48.5 Å². The second-order valence-corrected chi connectivity index (χ2v) is 5.60. The van der Waals surface area contributed by atoms with E-state index in [1.54, 1.807) is 12.3 Å². The molecule has 0 bridgehead atoms. The Morgan fingerprint density at radius 3 is 2.42 bits per heavy atom. The molecular weight excluding hydrogens is 348 g/mol. The van der Waals surface area contributed by atoms with Crippen LogP contribution < -0.4 is 10.1 Å². The minimum atomic E-state index is -0.139. The molecule has 2 aromatic carbocycles. The van der Waals surface area contributed by atoms with E-state index in [0.29, 0.717) is 30.9 Å². The molecular formula is C21H21ClN2O2. The van der Waals surface area contributed by atoms with Gasteiger partial charge in [0.1, 0.15) is 12.4 Å². The molecule has 0 aliphatic heterocycles. The van der Waals surface area contributed by atoms with E-state index in [1.807, 2.05) is 66.7 Å². The van der Waals surface area contributed by atoms with Crippen LogP contribution in [-0.2, 0) is 13.0 Å². The SMILES string of the molecule is Cl.O=C(NCCc1ccccn1)c1ccccc1OCc1ccccc1. The van der Waals surface area contributed by atoms with E-state index in [2.05, 4.69) is 10.3 Å². The third-order valence-corrected chi connectivity index (χ3v) is 3.76. The van der Waals surface area contributed by atoms with Crippen LogP contribution in [0.3, 0.4) is 0 Å². The van der Waals surface area contributed by atoms with E-state index in [0.717, 1.165) is 11.3 Å². The molecule has 0 radical (unpaired) electrons. The highest BCUT2D eigenvalue weighted by atomic mass is 35.5. The summed E-state index contributed by atoms with van der Waals surface area (Å²) in [7, 11) is 0. The molecule has 3 rings (SSSR count). The number of pyridine rings is 1. The summed E-state index contributed by atoms with van der Waals surface area (Å²) in [5.41, 5.74) is 2.56. The van der Waals surface area contributed by atoms with Crippen LogP contribution in [0.1, 0.15) is 21.6 Å². The Bertz CT molecular complexity index is 811. The summed E-state index contributed by atoms with van der Waals surface area (Å²) in [6.07, 6.45) is 2.45. The summed E-state index contributed by atoms with van der Waals surface area (Å²) in [5.74, 6) is 0.446. The molecule has 0 spiro atoms. The van der Waals surface area contributed by atoms with Crippen molar-refractivity contribution in [3.05, 3.63) is 95.8 Å². The number of ether oxygens (including phenoxy) is 1. The van der Waals surface area contributed by atoms with Gasteiger partial charge in [0, 0.05) is 24.9 Å². The second-order valence-electron chi connectivity index (χ2n) is 5.60. The lowest BCUT2D eigenvalue weighted by molar-refractivity contribution is 0.0949. The zero-order valence-electron chi connectivity index (χ0n) is 14.3. The molecule has 1 heterocycles. The molecule has 5 heteroatoms. The van der Waals surface area contributed by atoms with Gasteiger partial charge >= 0.3 is 0 Å². The Hall–Kier alpha value is -2.85. The monoisotopic (exact) mass is 368 g/mol. The number of nitrogens with zero attached hydrogens (tertiary/aromatic N) is 1. The van der Waals surface area contributed by atoms with Gasteiger partial charge in [-0.25, -0.2) is 0 Å². The first-order valence-electron chi connectivity index (χ1n) is 8.27. The van der Waals surface area contributed by atoms with Crippen molar-refractivity contribution in [2.24, 2.45) is 0 Å². The standard InChI is InChI=1S/C21H20N2O2.ClH/c24-21(23-15-13-18-10-6-7-14-22-18)19-11-4-5-12-20(19)25-16-17-8-2-1-3-9-17;/h1-12,14H,13,15-16H2,(H,23,24);1H. The molecule has 0 fully saturated rings. The average Bonchev–Trinajstić information content (AvgIpc) is 2.68. The number of para-hydroxylation sites is 1. The van der Waals surface area contributed by atoms with E-state index in [-0.39, 0.29) is 18.3 Å². The lowest BCUT2D eigenvalue weighted by atomic mass is 10.1. The van der Waals surface area contributed by atoms with Gasteiger partial charge < -0.3 is 10.1 Å². The van der Waals surface area contributed by atoms with E-state index in [4.69, 9.17) is 4.74 Å². The van der Waals surface area contributed by atoms with E-state index in [1.165, 1.54) is 0 Å². The number of aromatic nitrogens is 1. The number of nitrogens with one attached hydrogen (secondary N) is 1. The summed E-state index contributed by atoms with van der Waals surface area (Å²) >= 11 is 0. The maximum absolute atomic E-state index is 12.5. The van der Waals surface area contributed by atoms with Crippen LogP contribution in [0.15, 0.2) is 79.0 Å². The second kappa shape index (κ2) is 10.2. The van der Waals surface area contributed by atoms with Crippen molar-refractivity contribution in [3.63, 3.8) is 0 Å². The number of hydrogen-bond donors (Lipinski definition) is 1. The van der Waals surface area contributed by atoms with Gasteiger partial charge in [0.05, 0.1) is 5.56 Å². The molecule has 3 aromatic rings. The first kappa shape index (κ1) is 19.5. The average molecular weight is 369 g/mol. The number of amides is 1. The Kier molecular flexibility index (Phi) is 7.65. The molecule has 0 saturated carbocycles. The molecule has 134 valence electrons. The molecule has 1 N–H and O–H groups in total. The van der Waals surface area contributed by atoms with Crippen molar-refractivity contribution in [3.8, 4) is 5.75 Å². The first-order chi connectivity index (χ1) is 12.3. The molecule has 0 aliphatic rings. The number of hydrogen-bond acceptors (Lipinski definition) is 3. The quantitative estimate of drug-likeness (QED) is 0.684. The van der Waals surface area contributed by atoms with Gasteiger partial charge in [-0.3, -0.25) is 9.78 Å². The lowest BCUT2D eigenvalue weighted by Crippen LogP contribution is -2.26. The molecule has 0 saturated heterocycles. The van der Waals surface area contributed by atoms with Gasteiger partial charge in [-0.15, -0.1) is 12.4 Å². The maximum Gasteiger partial charge on any atom is 0.255 e. The maximum atomic E-state index is 12.5. The van der Waals surface area contributed by atoms with Crippen LogP contribution >= 0.6 is 12.4 Å². The Balaban J connectivity index is 0.00000243. The Labute approximate surface area is 159 Å². The summed E-state index contributed by atoms with van der Waals surface area (Å²) in [6, 6.07) is 22.9. The fourth-order valence-corrected chi connectivity index (χ4v) is 2.46. The fraction of sp³-hybridized carbons (Fsp3) is 0.143. The van der Waals surface area contributed by atoms with Crippen LogP contribution in [0.5, 0.6) is 5.75 Å². The molecule has 1 aromatic heterocycles. The van der Waals surface area contributed by atoms with Gasteiger partial charge in [-0.05, 0) is 29.8 Å². The van der Waals surface area contributed by atoms with E-state index >= 15 is 0 Å². The molecule has 26 heavy (non-hydrogen) atoms. The largest absolute Gasteiger partial charge is 0.488 e. The predicted molar refractivity (Wildman–Crippen MR) is 105 cm³/mol.